The maximum absolute atomic E-state index is 11.3. The Morgan fingerprint density at radius 3 is 2.35 bits per heavy atom. The normalized spacial score (nSPS) is 17.8. The van der Waals surface area contributed by atoms with Gasteiger partial charge in [-0.15, -0.1) is 0 Å². The Morgan fingerprint density at radius 2 is 1.70 bits per heavy atom. The summed E-state index contributed by atoms with van der Waals surface area (Å²) in [5, 5.41) is 0. The highest BCUT2D eigenvalue weighted by atomic mass is 32.2. The van der Waals surface area contributed by atoms with E-state index in [0.29, 0.717) is 18.8 Å². The number of carbonyl (C=O) groups is 1. The van der Waals surface area contributed by atoms with Gasteiger partial charge in [0.25, 0.3) is 0 Å². The highest BCUT2D eigenvalue weighted by Gasteiger charge is 2.28. The van der Waals surface area contributed by atoms with Gasteiger partial charge < -0.3 is 9.47 Å². The lowest BCUT2D eigenvalue weighted by Crippen LogP contribution is -2.21. The second-order valence-electron chi connectivity index (χ2n) is 4.45. The van der Waals surface area contributed by atoms with Crippen molar-refractivity contribution in [2.24, 2.45) is 0 Å². The van der Waals surface area contributed by atoms with Crippen LogP contribution in [0, 0.1) is 0 Å². The van der Waals surface area contributed by atoms with Crippen LogP contribution in [-0.4, -0.2) is 18.7 Å². The molecule has 102 valence electrons. The quantitative estimate of drug-likeness (QED) is 0.805. The third kappa shape index (κ3) is 3.14. The van der Waals surface area contributed by atoms with E-state index in [0.717, 1.165) is 4.90 Å². The molecule has 1 aliphatic heterocycles. The number of hydrogen-bond donors (Lipinski definition) is 0. The van der Waals surface area contributed by atoms with E-state index in [4.69, 9.17) is 9.47 Å². The fourth-order valence-corrected chi connectivity index (χ4v) is 2.80. The Hall–Kier alpha value is -1.94. The Morgan fingerprint density at radius 1 is 1.00 bits per heavy atom. The second kappa shape index (κ2) is 6.01. The molecular formula is C16H14O3S. The highest BCUT2D eigenvalue weighted by Crippen LogP contribution is 2.29. The molecule has 3 nitrogen and oxygen atoms in total. The van der Waals surface area contributed by atoms with E-state index in [-0.39, 0.29) is 5.97 Å². The van der Waals surface area contributed by atoms with Gasteiger partial charge in [-0.05, 0) is 36.4 Å². The smallest absolute Gasteiger partial charge is 0.347 e. The highest BCUT2D eigenvalue weighted by molar-refractivity contribution is 7.99. The van der Waals surface area contributed by atoms with Crippen molar-refractivity contribution in [1.82, 2.24) is 0 Å². The van der Waals surface area contributed by atoms with Crippen molar-refractivity contribution in [3.05, 3.63) is 54.6 Å². The van der Waals surface area contributed by atoms with E-state index < -0.39 is 6.10 Å². The molecule has 2 aromatic rings. The first kappa shape index (κ1) is 13.1. The van der Waals surface area contributed by atoms with Gasteiger partial charge in [0, 0.05) is 16.2 Å². The Labute approximate surface area is 121 Å². The third-order valence-electron chi connectivity index (χ3n) is 2.97. The maximum Gasteiger partial charge on any atom is 0.347 e. The summed E-state index contributed by atoms with van der Waals surface area (Å²) in [6.07, 6.45) is 0.168. The molecule has 0 radical (unpaired) electrons. The lowest BCUT2D eigenvalue weighted by molar-refractivity contribution is -0.143. The van der Waals surface area contributed by atoms with Crippen molar-refractivity contribution in [2.75, 3.05) is 6.61 Å². The van der Waals surface area contributed by atoms with Crippen molar-refractivity contribution in [2.45, 2.75) is 22.3 Å². The lowest BCUT2D eigenvalue weighted by atomic mass is 10.3. The predicted molar refractivity (Wildman–Crippen MR) is 77.0 cm³/mol. The molecule has 1 saturated heterocycles. The predicted octanol–water partition coefficient (Wildman–Crippen LogP) is 3.53. The Bertz CT molecular complexity index is 580. The molecule has 0 aliphatic carbocycles. The van der Waals surface area contributed by atoms with Crippen molar-refractivity contribution < 1.29 is 14.3 Å². The van der Waals surface area contributed by atoms with Crippen LogP contribution in [0.15, 0.2) is 64.4 Å². The van der Waals surface area contributed by atoms with Crippen LogP contribution in [0.25, 0.3) is 0 Å². The third-order valence-corrected chi connectivity index (χ3v) is 3.98. The maximum atomic E-state index is 11.3. The van der Waals surface area contributed by atoms with Crippen LogP contribution >= 0.6 is 11.8 Å². The SMILES string of the molecule is O=C1OCCC1Oc1ccc(Sc2ccccc2)cc1. The van der Waals surface area contributed by atoms with Crippen molar-refractivity contribution >= 4 is 17.7 Å². The molecule has 1 aliphatic rings. The molecule has 20 heavy (non-hydrogen) atoms. The van der Waals surface area contributed by atoms with Crippen LogP contribution in [0.5, 0.6) is 5.75 Å². The molecule has 3 rings (SSSR count). The zero-order valence-corrected chi connectivity index (χ0v) is 11.6. The Balaban J connectivity index is 1.64. The molecule has 1 heterocycles. The molecule has 1 unspecified atom stereocenters. The molecule has 2 aromatic carbocycles. The average Bonchev–Trinajstić information content (AvgIpc) is 2.88. The van der Waals surface area contributed by atoms with Crippen molar-refractivity contribution in [1.29, 1.82) is 0 Å². The largest absolute Gasteiger partial charge is 0.479 e. The van der Waals surface area contributed by atoms with Gasteiger partial charge in [-0.2, -0.15) is 0 Å². The number of ether oxygens (including phenoxy) is 2. The summed E-state index contributed by atoms with van der Waals surface area (Å²) in [5.41, 5.74) is 0. The molecule has 0 N–H and O–H groups in total. The van der Waals surface area contributed by atoms with E-state index in [1.807, 2.05) is 42.5 Å². The summed E-state index contributed by atoms with van der Waals surface area (Å²) in [7, 11) is 0. The zero-order valence-electron chi connectivity index (χ0n) is 10.8. The Kier molecular flexibility index (Phi) is 3.92. The van der Waals surface area contributed by atoms with Crippen LogP contribution in [0.4, 0.5) is 0 Å². The molecule has 0 spiro atoms. The van der Waals surface area contributed by atoms with Crippen LogP contribution in [-0.2, 0) is 9.53 Å². The number of cyclic esters (lactones) is 1. The molecule has 1 atom stereocenters. The lowest BCUT2D eigenvalue weighted by Gasteiger charge is -2.10. The van der Waals surface area contributed by atoms with E-state index in [1.54, 1.807) is 11.8 Å². The van der Waals surface area contributed by atoms with E-state index >= 15 is 0 Å². The van der Waals surface area contributed by atoms with Crippen LogP contribution in [0.2, 0.25) is 0 Å². The van der Waals surface area contributed by atoms with Gasteiger partial charge in [0.15, 0.2) is 6.10 Å². The summed E-state index contributed by atoms with van der Waals surface area (Å²) in [4.78, 5) is 13.7. The monoisotopic (exact) mass is 286 g/mol. The van der Waals surface area contributed by atoms with Gasteiger partial charge in [-0.1, -0.05) is 30.0 Å². The van der Waals surface area contributed by atoms with E-state index in [9.17, 15) is 4.79 Å². The fraction of sp³-hybridized carbons (Fsp3) is 0.188. The minimum atomic E-state index is -0.456. The minimum Gasteiger partial charge on any atom is -0.479 e. The summed E-state index contributed by atoms with van der Waals surface area (Å²) in [6.45, 7) is 0.450. The summed E-state index contributed by atoms with van der Waals surface area (Å²) in [6, 6.07) is 17.9. The molecular weight excluding hydrogens is 272 g/mol. The van der Waals surface area contributed by atoms with Gasteiger partial charge in [-0.3, -0.25) is 0 Å². The number of rotatable bonds is 4. The fourth-order valence-electron chi connectivity index (χ4n) is 1.96. The summed E-state index contributed by atoms with van der Waals surface area (Å²) >= 11 is 1.69. The van der Waals surface area contributed by atoms with Crippen LogP contribution in [0.3, 0.4) is 0 Å². The standard InChI is InChI=1S/C16H14O3S/c17-16-15(10-11-18-16)19-12-6-8-14(9-7-12)20-13-4-2-1-3-5-13/h1-9,15H,10-11H2. The van der Waals surface area contributed by atoms with E-state index in [1.165, 1.54) is 4.90 Å². The first-order valence-corrected chi connectivity index (χ1v) is 7.29. The van der Waals surface area contributed by atoms with Gasteiger partial charge in [0.1, 0.15) is 5.75 Å². The molecule has 0 amide bonds. The molecule has 0 bridgehead atoms. The van der Waals surface area contributed by atoms with E-state index in [2.05, 4.69) is 12.1 Å². The van der Waals surface area contributed by atoms with Gasteiger partial charge in [-0.25, -0.2) is 4.79 Å². The minimum absolute atomic E-state index is 0.271. The van der Waals surface area contributed by atoms with Crippen molar-refractivity contribution in [3.8, 4) is 5.75 Å². The van der Waals surface area contributed by atoms with Crippen LogP contribution < -0.4 is 4.74 Å². The molecule has 0 saturated carbocycles. The zero-order chi connectivity index (χ0) is 13.8. The first-order chi connectivity index (χ1) is 9.81. The molecule has 0 aromatic heterocycles. The number of esters is 1. The van der Waals surface area contributed by atoms with Crippen LogP contribution in [0.1, 0.15) is 6.42 Å². The first-order valence-electron chi connectivity index (χ1n) is 6.47. The number of carbonyl (C=O) groups excluding carboxylic acids is 1. The van der Waals surface area contributed by atoms with Gasteiger partial charge >= 0.3 is 5.97 Å². The van der Waals surface area contributed by atoms with Gasteiger partial charge in [0.05, 0.1) is 6.61 Å². The summed E-state index contributed by atoms with van der Waals surface area (Å²) in [5.74, 6) is 0.430. The van der Waals surface area contributed by atoms with Crippen molar-refractivity contribution in [3.63, 3.8) is 0 Å². The van der Waals surface area contributed by atoms with Gasteiger partial charge in [0.2, 0.25) is 0 Å². The topological polar surface area (TPSA) is 35.5 Å². The summed E-state index contributed by atoms with van der Waals surface area (Å²) < 4.78 is 10.5. The molecule has 1 fully saturated rings. The molecule has 4 heteroatoms. The number of benzene rings is 2. The second-order valence-corrected chi connectivity index (χ2v) is 5.60. The average molecular weight is 286 g/mol. The number of hydrogen-bond acceptors (Lipinski definition) is 4.